The van der Waals surface area contributed by atoms with E-state index < -0.39 is 0 Å². The molecule has 1 fully saturated rings. The molecule has 0 aliphatic heterocycles. The molecule has 0 unspecified atom stereocenters. The number of benzene rings is 1. The van der Waals surface area contributed by atoms with Gasteiger partial charge in [0.25, 0.3) is 0 Å². The standard InChI is InChI=1S/C21H23N7O/c1-29-20-17-10-13(2-7-18(17)24-12-25-20)16-8-9-28-19(16)11-23-21(27-28)26-15-5-3-14(22)4-6-15/h2,7-12,14-15H,3-6,22H2,1H3,(H,26,27). The number of ether oxygens (including phenoxy) is 1. The van der Waals surface area contributed by atoms with Crippen LogP contribution in [-0.4, -0.2) is 43.8 Å². The molecule has 29 heavy (non-hydrogen) atoms. The average Bonchev–Trinajstić information content (AvgIpc) is 3.18. The van der Waals surface area contributed by atoms with E-state index in [1.54, 1.807) is 7.11 Å². The molecule has 1 aliphatic rings. The van der Waals surface area contributed by atoms with Crippen LogP contribution in [0.3, 0.4) is 0 Å². The van der Waals surface area contributed by atoms with Crippen molar-refractivity contribution in [1.82, 2.24) is 24.6 Å². The molecule has 148 valence electrons. The van der Waals surface area contributed by atoms with E-state index in [4.69, 9.17) is 10.5 Å². The molecule has 0 spiro atoms. The van der Waals surface area contributed by atoms with Gasteiger partial charge in [-0.1, -0.05) is 6.07 Å². The van der Waals surface area contributed by atoms with Crippen LogP contribution in [0.15, 0.2) is 43.0 Å². The number of fused-ring (bicyclic) bond motifs is 2. The summed E-state index contributed by atoms with van der Waals surface area (Å²) in [5.74, 6) is 1.21. The third-order valence-corrected chi connectivity index (χ3v) is 5.62. The Labute approximate surface area is 168 Å². The molecular formula is C21H23N7O. The third-order valence-electron chi connectivity index (χ3n) is 5.62. The van der Waals surface area contributed by atoms with Gasteiger partial charge in [-0.15, -0.1) is 5.10 Å². The summed E-state index contributed by atoms with van der Waals surface area (Å²) in [6, 6.07) is 8.82. The van der Waals surface area contributed by atoms with Gasteiger partial charge in [0, 0.05) is 23.8 Å². The Bertz CT molecular complexity index is 1160. The average molecular weight is 389 g/mol. The summed E-state index contributed by atoms with van der Waals surface area (Å²) in [4.78, 5) is 13.1. The summed E-state index contributed by atoms with van der Waals surface area (Å²) in [6.07, 6.45) is 9.53. The van der Waals surface area contributed by atoms with Crippen LogP contribution in [0.25, 0.3) is 27.5 Å². The van der Waals surface area contributed by atoms with Crippen LogP contribution in [-0.2, 0) is 0 Å². The molecule has 3 N–H and O–H groups in total. The number of hydrogen-bond acceptors (Lipinski definition) is 7. The van der Waals surface area contributed by atoms with Crippen molar-refractivity contribution in [3.05, 3.63) is 43.0 Å². The van der Waals surface area contributed by atoms with Gasteiger partial charge in [-0.3, -0.25) is 0 Å². The maximum atomic E-state index is 6.00. The fraction of sp³-hybridized carbons (Fsp3) is 0.333. The maximum absolute atomic E-state index is 6.00. The zero-order chi connectivity index (χ0) is 19.8. The molecule has 1 aliphatic carbocycles. The van der Waals surface area contributed by atoms with Crippen molar-refractivity contribution in [2.75, 3.05) is 12.4 Å². The highest BCUT2D eigenvalue weighted by Crippen LogP contribution is 2.30. The Balaban J connectivity index is 1.46. The van der Waals surface area contributed by atoms with E-state index in [2.05, 4.69) is 25.4 Å². The molecule has 3 aromatic heterocycles. The lowest BCUT2D eigenvalue weighted by atomic mass is 9.92. The van der Waals surface area contributed by atoms with Crippen molar-refractivity contribution < 1.29 is 4.74 Å². The predicted octanol–water partition coefficient (Wildman–Crippen LogP) is 3.03. The van der Waals surface area contributed by atoms with Crippen molar-refractivity contribution in [2.24, 2.45) is 5.73 Å². The van der Waals surface area contributed by atoms with Gasteiger partial charge in [-0.2, -0.15) is 0 Å². The van der Waals surface area contributed by atoms with E-state index in [9.17, 15) is 0 Å². The number of nitrogens with one attached hydrogen (secondary N) is 1. The summed E-state index contributed by atoms with van der Waals surface area (Å²) in [6.45, 7) is 0. The smallest absolute Gasteiger partial charge is 0.241 e. The first kappa shape index (κ1) is 17.8. The van der Waals surface area contributed by atoms with Crippen LogP contribution in [0, 0.1) is 0 Å². The highest BCUT2D eigenvalue weighted by molar-refractivity contribution is 5.91. The van der Waals surface area contributed by atoms with Gasteiger partial charge in [0.2, 0.25) is 11.8 Å². The number of methoxy groups -OCH3 is 1. The topological polar surface area (TPSA) is 103 Å². The Hall–Kier alpha value is -3.26. The Morgan fingerprint density at radius 1 is 1.10 bits per heavy atom. The molecule has 1 aromatic carbocycles. The highest BCUT2D eigenvalue weighted by atomic mass is 16.5. The van der Waals surface area contributed by atoms with Crippen LogP contribution < -0.4 is 15.8 Å². The summed E-state index contributed by atoms with van der Waals surface area (Å²) >= 11 is 0. The Morgan fingerprint density at radius 3 is 2.79 bits per heavy atom. The lowest BCUT2D eigenvalue weighted by Gasteiger charge is -2.26. The largest absolute Gasteiger partial charge is 0.480 e. The number of nitrogens with two attached hydrogens (primary N) is 1. The number of nitrogens with zero attached hydrogens (tertiary/aromatic N) is 5. The Kier molecular flexibility index (Phi) is 4.48. The summed E-state index contributed by atoms with van der Waals surface area (Å²) in [5.41, 5.74) is 9.87. The van der Waals surface area contributed by atoms with E-state index in [0.717, 1.165) is 53.2 Å². The number of anilines is 1. The van der Waals surface area contributed by atoms with E-state index in [0.29, 0.717) is 23.9 Å². The molecule has 0 amide bonds. The quantitative estimate of drug-likeness (QED) is 0.553. The van der Waals surface area contributed by atoms with Gasteiger partial charge in [-0.25, -0.2) is 19.5 Å². The monoisotopic (exact) mass is 389 g/mol. The number of aromatic nitrogens is 5. The lowest BCUT2D eigenvalue weighted by molar-refractivity contribution is 0.402. The second-order valence-electron chi connectivity index (χ2n) is 7.51. The second-order valence-corrected chi connectivity index (χ2v) is 7.51. The normalized spacial score (nSPS) is 19.5. The van der Waals surface area contributed by atoms with Crippen molar-refractivity contribution in [1.29, 1.82) is 0 Å². The van der Waals surface area contributed by atoms with E-state index >= 15 is 0 Å². The van der Waals surface area contributed by atoms with Crippen LogP contribution in [0.2, 0.25) is 0 Å². The third kappa shape index (κ3) is 3.36. The predicted molar refractivity (Wildman–Crippen MR) is 112 cm³/mol. The van der Waals surface area contributed by atoms with Gasteiger partial charge in [-0.05, 0) is 49.4 Å². The first-order valence-electron chi connectivity index (χ1n) is 9.87. The minimum absolute atomic E-state index is 0.328. The first-order chi connectivity index (χ1) is 14.2. The van der Waals surface area contributed by atoms with Gasteiger partial charge in [0.15, 0.2) is 0 Å². The summed E-state index contributed by atoms with van der Waals surface area (Å²) in [5, 5.41) is 8.97. The first-order valence-corrected chi connectivity index (χ1v) is 9.87. The summed E-state index contributed by atoms with van der Waals surface area (Å²) < 4.78 is 7.25. The molecule has 0 atom stereocenters. The zero-order valence-corrected chi connectivity index (χ0v) is 16.2. The van der Waals surface area contributed by atoms with Crippen LogP contribution in [0.1, 0.15) is 25.7 Å². The molecule has 8 nitrogen and oxygen atoms in total. The number of hydrogen-bond donors (Lipinski definition) is 2. The zero-order valence-electron chi connectivity index (χ0n) is 16.2. The molecule has 0 radical (unpaired) electrons. The minimum Gasteiger partial charge on any atom is -0.480 e. The maximum Gasteiger partial charge on any atom is 0.241 e. The van der Waals surface area contributed by atoms with Crippen LogP contribution in [0.5, 0.6) is 5.88 Å². The van der Waals surface area contributed by atoms with Crippen molar-refractivity contribution in [3.8, 4) is 17.0 Å². The summed E-state index contributed by atoms with van der Waals surface area (Å²) in [7, 11) is 1.62. The fourth-order valence-electron chi connectivity index (χ4n) is 4.02. The van der Waals surface area contributed by atoms with Gasteiger partial charge in [0.05, 0.1) is 29.7 Å². The Morgan fingerprint density at radius 2 is 1.97 bits per heavy atom. The second kappa shape index (κ2) is 7.29. The molecule has 4 aromatic rings. The molecule has 0 saturated heterocycles. The fourth-order valence-corrected chi connectivity index (χ4v) is 4.02. The lowest BCUT2D eigenvalue weighted by Crippen LogP contribution is -2.33. The SMILES string of the molecule is COc1ncnc2ccc(-c3ccn4nc(NC5CCC(N)CC5)ncc34)cc12. The minimum atomic E-state index is 0.328. The van der Waals surface area contributed by atoms with Crippen molar-refractivity contribution in [3.63, 3.8) is 0 Å². The highest BCUT2D eigenvalue weighted by Gasteiger charge is 2.19. The van der Waals surface area contributed by atoms with Crippen molar-refractivity contribution >= 4 is 22.4 Å². The van der Waals surface area contributed by atoms with Gasteiger partial charge < -0.3 is 15.8 Å². The molecule has 1 saturated carbocycles. The van der Waals surface area contributed by atoms with E-state index in [1.807, 2.05) is 41.2 Å². The number of rotatable bonds is 4. The van der Waals surface area contributed by atoms with Gasteiger partial charge >= 0.3 is 0 Å². The van der Waals surface area contributed by atoms with E-state index in [-0.39, 0.29) is 0 Å². The van der Waals surface area contributed by atoms with Crippen LogP contribution >= 0.6 is 0 Å². The molecular weight excluding hydrogens is 366 g/mol. The molecule has 8 heteroatoms. The van der Waals surface area contributed by atoms with Crippen LogP contribution in [0.4, 0.5) is 5.95 Å². The molecule has 5 rings (SSSR count). The van der Waals surface area contributed by atoms with Crippen molar-refractivity contribution in [2.45, 2.75) is 37.8 Å². The van der Waals surface area contributed by atoms with E-state index in [1.165, 1.54) is 6.33 Å². The molecule has 0 bridgehead atoms. The van der Waals surface area contributed by atoms with Gasteiger partial charge in [0.1, 0.15) is 6.33 Å². The molecule has 3 heterocycles.